The monoisotopic (exact) mass is 525 g/mol. The molecule has 0 spiro atoms. The molecular formula is C36H33N2S+. The summed E-state index contributed by atoms with van der Waals surface area (Å²) >= 11 is 1.81. The summed E-state index contributed by atoms with van der Waals surface area (Å²) in [6.07, 6.45) is 16.0. The van der Waals surface area contributed by atoms with Crippen LogP contribution >= 0.6 is 11.3 Å². The van der Waals surface area contributed by atoms with E-state index in [0.29, 0.717) is 0 Å². The summed E-state index contributed by atoms with van der Waals surface area (Å²) in [6.45, 7) is 2.40. The van der Waals surface area contributed by atoms with E-state index in [1.165, 1.54) is 48.5 Å². The number of para-hydroxylation sites is 1. The third kappa shape index (κ3) is 4.64. The molecule has 2 nitrogen and oxygen atoms in total. The van der Waals surface area contributed by atoms with Crippen molar-refractivity contribution in [2.75, 3.05) is 11.9 Å². The number of allylic oxidation sites excluding steroid dienone is 7. The first-order chi connectivity index (χ1) is 19.1. The van der Waals surface area contributed by atoms with Crippen molar-refractivity contribution in [3.05, 3.63) is 149 Å². The average Bonchev–Trinajstić information content (AvgIpc) is 3.39. The van der Waals surface area contributed by atoms with Gasteiger partial charge in [0.15, 0.2) is 0 Å². The van der Waals surface area contributed by atoms with E-state index in [0.717, 1.165) is 6.42 Å². The summed E-state index contributed by atoms with van der Waals surface area (Å²) in [5.41, 5.74) is 6.50. The molecule has 6 rings (SSSR count). The van der Waals surface area contributed by atoms with Crippen molar-refractivity contribution in [2.24, 2.45) is 7.05 Å². The Labute approximate surface area is 235 Å². The van der Waals surface area contributed by atoms with Crippen molar-refractivity contribution >= 4 is 44.1 Å². The quantitative estimate of drug-likeness (QED) is 0.159. The summed E-state index contributed by atoms with van der Waals surface area (Å²) in [5, 5.41) is 3.87. The largest absolute Gasteiger partial charge is 0.347 e. The van der Waals surface area contributed by atoms with Crippen molar-refractivity contribution in [1.82, 2.24) is 0 Å². The number of rotatable bonds is 6. The normalized spacial score (nSPS) is 18.5. The number of anilines is 1. The third-order valence-electron chi connectivity index (χ3n) is 7.86. The van der Waals surface area contributed by atoms with Gasteiger partial charge in [-0.2, -0.15) is 4.57 Å². The standard InChI is InChI=1S/C36H33N2S/c1-36(26-27-16-8-7-9-17-27)33(37(2)31-25-24-28-18-12-13-19-29(28)35(31)36)22-10-5-4-6-11-23-34-38(3)30-20-14-15-21-32(30)39-34/h4-25H,26H2,1-3H3/q+1. The number of aromatic nitrogens is 1. The van der Waals surface area contributed by atoms with E-state index in [1.807, 2.05) is 11.3 Å². The molecule has 1 aliphatic heterocycles. The van der Waals surface area contributed by atoms with E-state index in [4.69, 9.17) is 0 Å². The van der Waals surface area contributed by atoms with Crippen LogP contribution in [0.2, 0.25) is 0 Å². The first kappa shape index (κ1) is 25.1. The van der Waals surface area contributed by atoms with Gasteiger partial charge in [0.25, 0.3) is 5.01 Å². The molecule has 0 radical (unpaired) electrons. The van der Waals surface area contributed by atoms with Gasteiger partial charge in [-0.15, -0.1) is 0 Å². The lowest BCUT2D eigenvalue weighted by atomic mass is 9.74. The highest BCUT2D eigenvalue weighted by Crippen LogP contribution is 2.51. The molecule has 192 valence electrons. The topological polar surface area (TPSA) is 7.12 Å². The van der Waals surface area contributed by atoms with Crippen LogP contribution < -0.4 is 9.47 Å². The zero-order valence-electron chi connectivity index (χ0n) is 22.7. The van der Waals surface area contributed by atoms with Gasteiger partial charge >= 0.3 is 0 Å². The van der Waals surface area contributed by atoms with Crippen LogP contribution in [0.5, 0.6) is 0 Å². The Hall–Kier alpha value is -4.21. The Kier molecular flexibility index (Phi) is 6.76. The fourth-order valence-electron chi connectivity index (χ4n) is 5.97. The van der Waals surface area contributed by atoms with E-state index in [9.17, 15) is 0 Å². The van der Waals surface area contributed by atoms with Crippen LogP contribution in [-0.4, -0.2) is 7.05 Å². The minimum atomic E-state index is -0.143. The van der Waals surface area contributed by atoms with Gasteiger partial charge in [0.05, 0.1) is 0 Å². The smallest absolute Gasteiger partial charge is 0.262 e. The summed E-state index contributed by atoms with van der Waals surface area (Å²) in [4.78, 5) is 2.38. The molecule has 0 fully saturated rings. The molecule has 39 heavy (non-hydrogen) atoms. The third-order valence-corrected chi connectivity index (χ3v) is 9.04. The molecule has 0 saturated heterocycles. The fourth-order valence-corrected chi connectivity index (χ4v) is 7.03. The van der Waals surface area contributed by atoms with Gasteiger partial charge in [-0.1, -0.05) is 115 Å². The van der Waals surface area contributed by atoms with Crippen LogP contribution in [0.15, 0.2) is 133 Å². The summed E-state index contributed by atoms with van der Waals surface area (Å²) in [6, 6.07) is 32.7. The summed E-state index contributed by atoms with van der Waals surface area (Å²) in [7, 11) is 4.33. The molecule has 0 amide bonds. The molecule has 0 saturated carbocycles. The second-order valence-corrected chi connectivity index (χ2v) is 11.4. The molecule has 1 aliphatic rings. The van der Waals surface area contributed by atoms with E-state index in [-0.39, 0.29) is 5.41 Å². The Bertz CT molecular complexity index is 1770. The lowest BCUT2D eigenvalue weighted by Crippen LogP contribution is -2.28. The molecule has 4 aromatic carbocycles. The van der Waals surface area contributed by atoms with Crippen LogP contribution in [0, 0.1) is 0 Å². The average molecular weight is 526 g/mol. The first-order valence-corrected chi connectivity index (χ1v) is 14.3. The van der Waals surface area contributed by atoms with Gasteiger partial charge < -0.3 is 4.90 Å². The SMILES string of the molecule is CN1/C(=C/C=C/C=C/C=C/c2sc3ccccc3[n+]2C)C(C)(Cc2ccccc2)c2c1ccc1ccccc21. The number of hydrogen-bond donors (Lipinski definition) is 0. The Balaban J connectivity index is 1.29. The number of nitrogens with zero attached hydrogens (tertiary/aromatic N) is 2. The maximum absolute atomic E-state index is 2.40. The van der Waals surface area contributed by atoms with Crippen molar-refractivity contribution in [1.29, 1.82) is 0 Å². The van der Waals surface area contributed by atoms with Gasteiger partial charge in [-0.3, -0.25) is 0 Å². The number of thiazole rings is 1. The zero-order chi connectivity index (χ0) is 26.8. The number of fused-ring (bicyclic) bond motifs is 4. The van der Waals surface area contributed by atoms with Gasteiger partial charge in [0.1, 0.15) is 11.7 Å². The van der Waals surface area contributed by atoms with Crippen molar-refractivity contribution in [2.45, 2.75) is 18.8 Å². The number of hydrogen-bond acceptors (Lipinski definition) is 2. The highest BCUT2D eigenvalue weighted by molar-refractivity contribution is 7.18. The number of aryl methyl sites for hydroxylation is 1. The highest BCUT2D eigenvalue weighted by atomic mass is 32.1. The van der Waals surface area contributed by atoms with Crippen molar-refractivity contribution in [3.63, 3.8) is 0 Å². The molecular weight excluding hydrogens is 492 g/mol. The molecule has 3 heteroatoms. The Morgan fingerprint density at radius 1 is 0.795 bits per heavy atom. The summed E-state index contributed by atoms with van der Waals surface area (Å²) in [5.74, 6) is 0. The van der Waals surface area contributed by atoms with E-state index in [2.05, 4.69) is 164 Å². The lowest BCUT2D eigenvalue weighted by Gasteiger charge is -2.29. The van der Waals surface area contributed by atoms with Gasteiger partial charge in [-0.25, -0.2) is 0 Å². The second kappa shape index (κ2) is 10.5. The predicted octanol–water partition coefficient (Wildman–Crippen LogP) is 8.54. The molecule has 0 aliphatic carbocycles. The van der Waals surface area contributed by atoms with Gasteiger partial charge in [0.2, 0.25) is 5.52 Å². The Morgan fingerprint density at radius 2 is 1.51 bits per heavy atom. The van der Waals surface area contributed by atoms with Crippen LogP contribution in [-0.2, 0) is 18.9 Å². The fraction of sp³-hybridized carbons (Fsp3) is 0.139. The van der Waals surface area contributed by atoms with Gasteiger partial charge in [-0.05, 0) is 53.5 Å². The van der Waals surface area contributed by atoms with E-state index in [1.54, 1.807) is 0 Å². The van der Waals surface area contributed by atoms with Gasteiger partial charge in [0, 0.05) is 36.0 Å². The molecule has 5 aromatic rings. The van der Waals surface area contributed by atoms with Crippen LogP contribution in [0.1, 0.15) is 23.1 Å². The predicted molar refractivity (Wildman–Crippen MR) is 168 cm³/mol. The second-order valence-electron chi connectivity index (χ2n) is 10.4. The maximum Gasteiger partial charge on any atom is 0.262 e. The molecule has 1 unspecified atom stereocenters. The Morgan fingerprint density at radius 3 is 2.36 bits per heavy atom. The number of benzene rings is 4. The first-order valence-electron chi connectivity index (χ1n) is 13.5. The molecule has 1 aromatic heterocycles. The molecule has 1 atom stereocenters. The van der Waals surface area contributed by atoms with Crippen molar-refractivity contribution in [3.8, 4) is 0 Å². The molecule has 2 heterocycles. The van der Waals surface area contributed by atoms with E-state index >= 15 is 0 Å². The maximum atomic E-state index is 2.40. The van der Waals surface area contributed by atoms with Crippen LogP contribution in [0.25, 0.3) is 27.1 Å². The minimum Gasteiger partial charge on any atom is -0.347 e. The minimum absolute atomic E-state index is 0.143. The van der Waals surface area contributed by atoms with Crippen molar-refractivity contribution < 1.29 is 4.57 Å². The van der Waals surface area contributed by atoms with E-state index < -0.39 is 0 Å². The van der Waals surface area contributed by atoms with Crippen LogP contribution in [0.4, 0.5) is 5.69 Å². The molecule has 0 N–H and O–H groups in total. The number of likely N-dealkylation sites (N-methyl/N-ethyl adjacent to an activating group) is 1. The lowest BCUT2D eigenvalue weighted by molar-refractivity contribution is -0.642. The zero-order valence-corrected chi connectivity index (χ0v) is 23.5. The summed E-state index contributed by atoms with van der Waals surface area (Å²) < 4.78 is 3.55. The van der Waals surface area contributed by atoms with Crippen LogP contribution in [0.3, 0.4) is 0 Å². The highest BCUT2D eigenvalue weighted by Gasteiger charge is 2.43. The molecule has 0 bridgehead atoms.